The zero-order chi connectivity index (χ0) is 19.2. The maximum atomic E-state index is 13.1. The fourth-order valence-corrected chi connectivity index (χ4v) is 3.97. The van der Waals surface area contributed by atoms with Crippen molar-refractivity contribution in [1.82, 2.24) is 4.98 Å². The predicted molar refractivity (Wildman–Crippen MR) is 86.7 cm³/mol. The van der Waals surface area contributed by atoms with Crippen LogP contribution in [0.3, 0.4) is 0 Å². The molecule has 5 nitrogen and oxygen atoms in total. The minimum Gasteiger partial charge on any atom is -0.383 e. The number of halogens is 3. The number of fused-ring (bicyclic) bond motifs is 1. The number of aryl methyl sites for hydroxylation is 1. The number of benzene rings is 1. The number of rotatable bonds is 4. The summed E-state index contributed by atoms with van der Waals surface area (Å²) in [5.74, 6) is 0. The molecule has 2 aromatic rings. The number of hydrogen-bond acceptors (Lipinski definition) is 4. The SMILES string of the molecule is CCC([SH](=O)=O)C(C)(O)c1[nH]c2cc(C(F)(F)F)c(C#N)cc2c1C. The lowest BCUT2D eigenvalue weighted by Gasteiger charge is -2.28. The van der Waals surface area contributed by atoms with Gasteiger partial charge >= 0.3 is 6.18 Å². The lowest BCUT2D eigenvalue weighted by atomic mass is 9.92. The highest BCUT2D eigenvalue weighted by Crippen LogP contribution is 2.38. The van der Waals surface area contributed by atoms with E-state index < -0.39 is 38.9 Å². The number of hydrogen-bond donors (Lipinski definition) is 3. The van der Waals surface area contributed by atoms with Gasteiger partial charge in [0.25, 0.3) is 0 Å². The second-order valence-electron chi connectivity index (χ2n) is 6.03. The van der Waals surface area contributed by atoms with Gasteiger partial charge in [0.05, 0.1) is 28.1 Å². The van der Waals surface area contributed by atoms with Crippen LogP contribution in [-0.4, -0.2) is 23.8 Å². The van der Waals surface area contributed by atoms with Crippen molar-refractivity contribution in [1.29, 1.82) is 5.26 Å². The molecule has 2 unspecified atom stereocenters. The molecule has 0 spiro atoms. The van der Waals surface area contributed by atoms with Gasteiger partial charge in [0.1, 0.15) is 16.3 Å². The molecule has 1 heterocycles. The van der Waals surface area contributed by atoms with Crippen LogP contribution in [0.2, 0.25) is 0 Å². The molecular weight excluding hydrogens is 357 g/mol. The molecule has 9 heteroatoms. The summed E-state index contributed by atoms with van der Waals surface area (Å²) in [6, 6.07) is 3.43. The molecule has 2 rings (SSSR count). The highest BCUT2D eigenvalue weighted by atomic mass is 32.2. The Bertz CT molecular complexity index is 929. The van der Waals surface area contributed by atoms with Crippen molar-refractivity contribution in [2.24, 2.45) is 0 Å². The molecule has 1 aromatic heterocycles. The molecule has 1 aromatic carbocycles. The van der Waals surface area contributed by atoms with Gasteiger partial charge < -0.3 is 10.1 Å². The van der Waals surface area contributed by atoms with E-state index in [4.69, 9.17) is 5.26 Å². The van der Waals surface area contributed by atoms with E-state index in [-0.39, 0.29) is 17.6 Å². The molecule has 136 valence electrons. The van der Waals surface area contributed by atoms with E-state index in [9.17, 15) is 26.7 Å². The van der Waals surface area contributed by atoms with E-state index in [1.165, 1.54) is 13.0 Å². The van der Waals surface area contributed by atoms with Gasteiger partial charge in [-0.05, 0) is 38.0 Å². The third-order valence-corrected chi connectivity index (χ3v) is 5.80. The van der Waals surface area contributed by atoms with Gasteiger partial charge in [-0.1, -0.05) is 6.92 Å². The Kier molecular flexibility index (Phi) is 4.90. The molecule has 0 aliphatic carbocycles. The molecule has 0 aliphatic heterocycles. The first-order valence-electron chi connectivity index (χ1n) is 7.45. The summed E-state index contributed by atoms with van der Waals surface area (Å²) < 4.78 is 62.2. The summed E-state index contributed by atoms with van der Waals surface area (Å²) in [5, 5.41) is 19.0. The quantitative estimate of drug-likeness (QED) is 0.717. The molecule has 0 fully saturated rings. The summed E-state index contributed by atoms with van der Waals surface area (Å²) in [6.45, 7) is 4.46. The van der Waals surface area contributed by atoms with Crippen LogP contribution in [0.1, 0.15) is 42.7 Å². The van der Waals surface area contributed by atoms with Crippen molar-refractivity contribution in [2.45, 2.75) is 44.2 Å². The van der Waals surface area contributed by atoms with Gasteiger partial charge in [-0.25, -0.2) is 8.42 Å². The summed E-state index contributed by atoms with van der Waals surface area (Å²) in [6.07, 6.45) is -4.57. The van der Waals surface area contributed by atoms with Crippen molar-refractivity contribution >= 4 is 21.6 Å². The van der Waals surface area contributed by atoms with Crippen LogP contribution in [0.5, 0.6) is 0 Å². The van der Waals surface area contributed by atoms with Crippen LogP contribution in [0.4, 0.5) is 13.2 Å². The number of nitrogens with zero attached hydrogens (tertiary/aromatic N) is 1. The minimum atomic E-state index is -4.70. The predicted octanol–water partition coefficient (Wildman–Crippen LogP) is 2.96. The smallest absolute Gasteiger partial charge is 0.383 e. The molecule has 2 atom stereocenters. The first-order chi connectivity index (χ1) is 11.4. The topological polar surface area (TPSA) is 93.9 Å². The Labute approximate surface area is 144 Å². The molecule has 0 aliphatic rings. The molecule has 2 N–H and O–H groups in total. The summed E-state index contributed by atoms with van der Waals surface area (Å²) in [7, 11) is -2.95. The van der Waals surface area contributed by atoms with E-state index in [0.29, 0.717) is 10.9 Å². The van der Waals surface area contributed by atoms with E-state index in [0.717, 1.165) is 12.1 Å². The molecule has 0 amide bonds. The van der Waals surface area contributed by atoms with Crippen LogP contribution < -0.4 is 0 Å². The number of alkyl halides is 3. The summed E-state index contributed by atoms with van der Waals surface area (Å²) >= 11 is 0. The maximum absolute atomic E-state index is 13.1. The number of H-pyrrole nitrogens is 1. The monoisotopic (exact) mass is 374 g/mol. The van der Waals surface area contributed by atoms with Crippen LogP contribution in [0.25, 0.3) is 10.9 Å². The summed E-state index contributed by atoms with van der Waals surface area (Å²) in [4.78, 5) is 2.71. The number of aliphatic hydroxyl groups is 1. The van der Waals surface area contributed by atoms with E-state index >= 15 is 0 Å². The van der Waals surface area contributed by atoms with Crippen LogP contribution in [-0.2, 0) is 22.5 Å². The average molecular weight is 374 g/mol. The van der Waals surface area contributed by atoms with Crippen molar-refractivity contribution in [3.8, 4) is 6.07 Å². The van der Waals surface area contributed by atoms with Crippen molar-refractivity contribution in [2.75, 3.05) is 0 Å². The zero-order valence-corrected chi connectivity index (χ0v) is 14.6. The Hall–Kier alpha value is -2.05. The molecule has 0 radical (unpaired) electrons. The molecule has 0 saturated heterocycles. The Morgan fingerprint density at radius 1 is 1.36 bits per heavy atom. The molecule has 0 bridgehead atoms. The first kappa shape index (κ1) is 19.3. The van der Waals surface area contributed by atoms with Gasteiger partial charge in [0.2, 0.25) is 0 Å². The second kappa shape index (κ2) is 6.35. The van der Waals surface area contributed by atoms with E-state index in [1.54, 1.807) is 13.8 Å². The fourth-order valence-electron chi connectivity index (χ4n) is 3.13. The van der Waals surface area contributed by atoms with Crippen LogP contribution >= 0.6 is 0 Å². The number of aromatic amines is 1. The van der Waals surface area contributed by atoms with Crippen molar-refractivity contribution in [3.05, 3.63) is 34.5 Å². The number of thiol groups is 1. The molecule has 0 saturated carbocycles. The minimum absolute atomic E-state index is 0.0788. The molecular formula is C16H17F3N2O3S. The largest absolute Gasteiger partial charge is 0.417 e. The zero-order valence-electron chi connectivity index (χ0n) is 13.7. The Morgan fingerprint density at radius 3 is 2.40 bits per heavy atom. The standard InChI is InChI=1S/C16H17F3N2O3S/c1-4-13(25(23)24)15(3,22)14-8(2)10-5-9(7-20)11(16(17,18)19)6-12(10)21-14/h5-6,13,21-22,25H,4H2,1-3H3. The lowest BCUT2D eigenvalue weighted by Crippen LogP contribution is -2.38. The maximum Gasteiger partial charge on any atom is 0.417 e. The average Bonchev–Trinajstić information content (AvgIpc) is 2.82. The van der Waals surface area contributed by atoms with Gasteiger partial charge in [-0.15, -0.1) is 0 Å². The van der Waals surface area contributed by atoms with E-state index in [2.05, 4.69) is 4.98 Å². The number of aromatic nitrogens is 1. The van der Waals surface area contributed by atoms with Crippen LogP contribution in [0.15, 0.2) is 12.1 Å². The van der Waals surface area contributed by atoms with Crippen molar-refractivity contribution in [3.63, 3.8) is 0 Å². The normalized spacial score (nSPS) is 16.0. The van der Waals surface area contributed by atoms with E-state index in [1.807, 2.05) is 0 Å². The lowest BCUT2D eigenvalue weighted by molar-refractivity contribution is -0.137. The van der Waals surface area contributed by atoms with Crippen molar-refractivity contribution < 1.29 is 26.7 Å². The third kappa shape index (κ3) is 3.24. The van der Waals surface area contributed by atoms with Gasteiger partial charge in [0.15, 0.2) is 0 Å². The van der Waals surface area contributed by atoms with Gasteiger partial charge in [-0.3, -0.25) is 0 Å². The highest BCUT2D eigenvalue weighted by Gasteiger charge is 2.39. The fraction of sp³-hybridized carbons (Fsp3) is 0.438. The second-order valence-corrected chi connectivity index (χ2v) is 7.23. The number of nitrogens with one attached hydrogen (secondary N) is 1. The third-order valence-electron chi connectivity index (χ3n) is 4.42. The highest BCUT2D eigenvalue weighted by molar-refractivity contribution is 7.73. The molecule has 25 heavy (non-hydrogen) atoms. The van der Waals surface area contributed by atoms with Gasteiger partial charge in [0, 0.05) is 10.9 Å². The summed E-state index contributed by atoms with van der Waals surface area (Å²) in [5.41, 5.74) is -2.82. The Morgan fingerprint density at radius 2 is 1.96 bits per heavy atom. The van der Waals surface area contributed by atoms with Gasteiger partial charge in [-0.2, -0.15) is 18.4 Å². The number of nitriles is 1. The Balaban J connectivity index is 2.78. The first-order valence-corrected chi connectivity index (χ1v) is 8.69. The van der Waals surface area contributed by atoms with Crippen LogP contribution in [0, 0.1) is 18.3 Å².